The molecule has 0 bridgehead atoms. The highest BCUT2D eigenvalue weighted by Gasteiger charge is 2.12. The zero-order valence-electron chi connectivity index (χ0n) is 12.0. The minimum absolute atomic E-state index is 0.790. The van der Waals surface area contributed by atoms with E-state index in [0.717, 1.165) is 21.2 Å². The second-order valence-electron chi connectivity index (χ2n) is 5.10. The summed E-state index contributed by atoms with van der Waals surface area (Å²) in [6.07, 6.45) is 0. The molecule has 1 N–H and O–H groups in total. The van der Waals surface area contributed by atoms with Crippen molar-refractivity contribution in [3.05, 3.63) is 62.7 Å². The number of anilines is 1. The molecule has 3 rings (SSSR count). The Bertz CT molecular complexity index is 747. The fourth-order valence-electron chi connectivity index (χ4n) is 2.73. The van der Waals surface area contributed by atoms with Gasteiger partial charge in [0, 0.05) is 32.6 Å². The molecule has 0 aliphatic rings. The summed E-state index contributed by atoms with van der Waals surface area (Å²) in [7, 11) is 2.13. The van der Waals surface area contributed by atoms with Gasteiger partial charge >= 0.3 is 0 Å². The molecule has 0 spiro atoms. The first-order valence-corrected chi connectivity index (χ1v) is 8.39. The molecule has 2 aromatic carbocycles. The summed E-state index contributed by atoms with van der Waals surface area (Å²) in [6.45, 7) is 2.98. The Morgan fingerprint density at radius 1 is 1.00 bits per heavy atom. The Labute approximate surface area is 141 Å². The SMILES string of the molecule is Cc1c(CNc2c(Br)cccc2Br)n(C)c2ccccc12. The van der Waals surface area contributed by atoms with E-state index in [9.17, 15) is 0 Å². The third kappa shape index (κ3) is 2.62. The summed E-state index contributed by atoms with van der Waals surface area (Å²) in [5, 5.41) is 4.85. The molecule has 4 heteroatoms. The maximum Gasteiger partial charge on any atom is 0.0632 e. The molecule has 21 heavy (non-hydrogen) atoms. The molecule has 0 amide bonds. The number of hydrogen-bond acceptors (Lipinski definition) is 1. The number of nitrogens with one attached hydrogen (secondary N) is 1. The van der Waals surface area contributed by atoms with Crippen molar-refractivity contribution in [3.8, 4) is 0 Å². The van der Waals surface area contributed by atoms with Gasteiger partial charge in [0.25, 0.3) is 0 Å². The van der Waals surface area contributed by atoms with E-state index in [1.807, 2.05) is 18.2 Å². The molecule has 2 nitrogen and oxygen atoms in total. The summed E-state index contributed by atoms with van der Waals surface area (Å²) in [4.78, 5) is 0. The van der Waals surface area contributed by atoms with E-state index in [1.165, 1.54) is 22.2 Å². The Morgan fingerprint density at radius 2 is 1.67 bits per heavy atom. The Kier molecular flexibility index (Phi) is 4.09. The lowest BCUT2D eigenvalue weighted by molar-refractivity contribution is 0.861. The number of halogens is 2. The van der Waals surface area contributed by atoms with Gasteiger partial charge in [-0.25, -0.2) is 0 Å². The highest BCUT2D eigenvalue weighted by atomic mass is 79.9. The van der Waals surface area contributed by atoms with Crippen molar-refractivity contribution in [1.82, 2.24) is 4.57 Å². The number of fused-ring (bicyclic) bond motifs is 1. The van der Waals surface area contributed by atoms with E-state index < -0.39 is 0 Å². The number of hydrogen-bond donors (Lipinski definition) is 1. The molecule has 3 aromatic rings. The lowest BCUT2D eigenvalue weighted by Gasteiger charge is -2.12. The normalized spacial score (nSPS) is 11.0. The summed E-state index contributed by atoms with van der Waals surface area (Å²) in [5.74, 6) is 0. The van der Waals surface area contributed by atoms with Gasteiger partial charge in [-0.15, -0.1) is 0 Å². The molecular formula is C17H16Br2N2. The maximum atomic E-state index is 3.59. The molecular weight excluding hydrogens is 392 g/mol. The molecule has 0 radical (unpaired) electrons. The van der Waals surface area contributed by atoms with Gasteiger partial charge in [0.2, 0.25) is 0 Å². The summed E-state index contributed by atoms with van der Waals surface area (Å²) in [6, 6.07) is 14.6. The average Bonchev–Trinajstić information content (AvgIpc) is 2.72. The van der Waals surface area contributed by atoms with Crippen LogP contribution >= 0.6 is 31.9 Å². The van der Waals surface area contributed by atoms with E-state index in [4.69, 9.17) is 0 Å². The van der Waals surface area contributed by atoms with E-state index in [1.54, 1.807) is 0 Å². The van der Waals surface area contributed by atoms with Crippen LogP contribution < -0.4 is 5.32 Å². The lowest BCUT2D eigenvalue weighted by atomic mass is 10.1. The molecule has 0 fully saturated rings. The number of para-hydroxylation sites is 2. The van der Waals surface area contributed by atoms with Crippen molar-refractivity contribution in [2.24, 2.45) is 7.05 Å². The second kappa shape index (κ2) is 5.85. The van der Waals surface area contributed by atoms with Gasteiger partial charge in [-0.1, -0.05) is 24.3 Å². The van der Waals surface area contributed by atoms with Crippen molar-refractivity contribution < 1.29 is 0 Å². The molecule has 0 atom stereocenters. The highest BCUT2D eigenvalue weighted by Crippen LogP contribution is 2.32. The van der Waals surface area contributed by atoms with Crippen LogP contribution in [0.3, 0.4) is 0 Å². The van der Waals surface area contributed by atoms with Crippen LogP contribution in [0.4, 0.5) is 5.69 Å². The number of aryl methyl sites for hydroxylation is 2. The molecule has 1 aromatic heterocycles. The standard InChI is InChI=1S/C17H16Br2N2/c1-11-12-6-3-4-9-15(12)21(2)16(11)10-20-17-13(18)7-5-8-14(17)19/h3-9,20H,10H2,1-2H3. The largest absolute Gasteiger partial charge is 0.378 e. The zero-order valence-corrected chi connectivity index (χ0v) is 15.1. The third-order valence-electron chi connectivity index (χ3n) is 3.90. The molecule has 0 saturated heterocycles. The van der Waals surface area contributed by atoms with E-state index in [0.29, 0.717) is 0 Å². The van der Waals surface area contributed by atoms with Crippen LogP contribution in [0, 0.1) is 6.92 Å². The van der Waals surface area contributed by atoms with Crippen molar-refractivity contribution in [3.63, 3.8) is 0 Å². The van der Waals surface area contributed by atoms with E-state index in [2.05, 4.69) is 80.0 Å². The number of rotatable bonds is 3. The van der Waals surface area contributed by atoms with E-state index >= 15 is 0 Å². The summed E-state index contributed by atoms with van der Waals surface area (Å²) in [5.41, 5.74) is 5.00. The first-order valence-electron chi connectivity index (χ1n) is 6.80. The molecule has 0 aliphatic carbocycles. The van der Waals surface area contributed by atoms with Crippen LogP contribution in [0.5, 0.6) is 0 Å². The van der Waals surface area contributed by atoms with E-state index in [-0.39, 0.29) is 0 Å². The minimum atomic E-state index is 0.790. The van der Waals surface area contributed by atoms with Crippen LogP contribution in [-0.2, 0) is 13.6 Å². The van der Waals surface area contributed by atoms with Crippen LogP contribution in [0.15, 0.2) is 51.4 Å². The van der Waals surface area contributed by atoms with Gasteiger partial charge < -0.3 is 9.88 Å². The Hall–Kier alpha value is -1.26. The number of nitrogens with zero attached hydrogens (tertiary/aromatic N) is 1. The monoisotopic (exact) mass is 406 g/mol. The van der Waals surface area contributed by atoms with Gasteiger partial charge in [-0.05, 0) is 62.5 Å². The fraction of sp³-hybridized carbons (Fsp3) is 0.176. The second-order valence-corrected chi connectivity index (χ2v) is 6.81. The van der Waals surface area contributed by atoms with Crippen LogP contribution in [0.25, 0.3) is 10.9 Å². The quantitative estimate of drug-likeness (QED) is 0.595. The van der Waals surface area contributed by atoms with Crippen LogP contribution in [-0.4, -0.2) is 4.57 Å². The van der Waals surface area contributed by atoms with Crippen molar-refractivity contribution in [1.29, 1.82) is 0 Å². The summed E-state index contributed by atoms with van der Waals surface area (Å²) < 4.78 is 4.39. The minimum Gasteiger partial charge on any atom is -0.378 e. The zero-order chi connectivity index (χ0) is 15.0. The molecule has 108 valence electrons. The topological polar surface area (TPSA) is 17.0 Å². The fourth-order valence-corrected chi connectivity index (χ4v) is 4.00. The Balaban J connectivity index is 1.96. The average molecular weight is 408 g/mol. The van der Waals surface area contributed by atoms with Gasteiger partial charge in [-0.3, -0.25) is 0 Å². The third-order valence-corrected chi connectivity index (χ3v) is 5.22. The predicted molar refractivity (Wildman–Crippen MR) is 96.8 cm³/mol. The first-order chi connectivity index (χ1) is 10.1. The van der Waals surface area contributed by atoms with Crippen LogP contribution in [0.2, 0.25) is 0 Å². The maximum absolute atomic E-state index is 3.59. The molecule has 0 aliphatic heterocycles. The lowest BCUT2D eigenvalue weighted by Crippen LogP contribution is -2.06. The van der Waals surface area contributed by atoms with Crippen molar-refractivity contribution in [2.45, 2.75) is 13.5 Å². The molecule has 0 unspecified atom stereocenters. The van der Waals surface area contributed by atoms with Gasteiger partial charge in [0.1, 0.15) is 0 Å². The van der Waals surface area contributed by atoms with Crippen LogP contribution in [0.1, 0.15) is 11.3 Å². The molecule has 1 heterocycles. The summed E-state index contributed by atoms with van der Waals surface area (Å²) >= 11 is 7.19. The van der Waals surface area contributed by atoms with Gasteiger partial charge in [-0.2, -0.15) is 0 Å². The highest BCUT2D eigenvalue weighted by molar-refractivity contribution is 9.11. The van der Waals surface area contributed by atoms with Gasteiger partial charge in [0.15, 0.2) is 0 Å². The van der Waals surface area contributed by atoms with Crippen molar-refractivity contribution >= 4 is 48.5 Å². The predicted octanol–water partition coefficient (Wildman–Crippen LogP) is 5.62. The number of aromatic nitrogens is 1. The Morgan fingerprint density at radius 3 is 2.33 bits per heavy atom. The number of benzene rings is 2. The van der Waals surface area contributed by atoms with Crippen molar-refractivity contribution in [2.75, 3.05) is 5.32 Å². The molecule has 0 saturated carbocycles. The smallest absolute Gasteiger partial charge is 0.0632 e. The first kappa shape index (κ1) is 14.7. The van der Waals surface area contributed by atoms with Gasteiger partial charge in [0.05, 0.1) is 12.2 Å².